The normalized spacial score (nSPS) is 21.9. The molecule has 0 aliphatic heterocycles. The molecule has 126 valence electrons. The molecule has 0 saturated heterocycles. The average Bonchev–Trinajstić information content (AvgIpc) is 2.57. The largest absolute Gasteiger partial charge is 0.490 e. The second kappa shape index (κ2) is 8.70. The summed E-state index contributed by atoms with van der Waals surface area (Å²) in [6.07, 6.45) is 11.6. The first kappa shape index (κ1) is 17.5. The number of allylic oxidation sites excluding steroid dienone is 3. The zero-order valence-corrected chi connectivity index (χ0v) is 13.7. The van der Waals surface area contributed by atoms with Gasteiger partial charge in [-0.2, -0.15) is 8.78 Å². The molecule has 1 aliphatic carbocycles. The highest BCUT2D eigenvalue weighted by Gasteiger charge is 2.21. The summed E-state index contributed by atoms with van der Waals surface area (Å²) in [6.45, 7) is 4.20. The van der Waals surface area contributed by atoms with Gasteiger partial charge in [-0.3, -0.25) is 0 Å². The molecule has 0 unspecified atom stereocenters. The van der Waals surface area contributed by atoms with Crippen LogP contribution < -0.4 is 9.47 Å². The van der Waals surface area contributed by atoms with Crippen molar-refractivity contribution in [2.45, 2.75) is 39.5 Å². The molecule has 2 rings (SSSR count). The summed E-state index contributed by atoms with van der Waals surface area (Å²) >= 11 is 0. The van der Waals surface area contributed by atoms with E-state index in [9.17, 15) is 8.78 Å². The van der Waals surface area contributed by atoms with E-state index in [-0.39, 0.29) is 11.5 Å². The van der Waals surface area contributed by atoms with Gasteiger partial charge in [0.15, 0.2) is 11.5 Å². The van der Waals surface area contributed by atoms with Gasteiger partial charge < -0.3 is 9.47 Å². The fraction of sp³-hybridized carbons (Fsp3) is 0.474. The van der Waals surface area contributed by atoms with Crippen LogP contribution in [0.15, 0.2) is 36.6 Å². The second-order valence-corrected chi connectivity index (χ2v) is 5.89. The van der Waals surface area contributed by atoms with Gasteiger partial charge in [-0.05, 0) is 63.5 Å². The topological polar surface area (TPSA) is 18.5 Å². The van der Waals surface area contributed by atoms with Crippen LogP contribution in [0.4, 0.5) is 8.78 Å². The SMILES string of the molecule is CC=COc1ccc(OCC2CCC(C=CC)CC2)c(F)c1F. The average molecular weight is 322 g/mol. The second-order valence-electron chi connectivity index (χ2n) is 5.89. The molecule has 23 heavy (non-hydrogen) atoms. The maximum Gasteiger partial charge on any atom is 0.205 e. The van der Waals surface area contributed by atoms with Crippen LogP contribution >= 0.6 is 0 Å². The first-order chi connectivity index (χ1) is 11.2. The minimum atomic E-state index is -1.02. The van der Waals surface area contributed by atoms with Gasteiger partial charge in [0.25, 0.3) is 0 Å². The molecule has 0 radical (unpaired) electrons. The summed E-state index contributed by atoms with van der Waals surface area (Å²) in [6, 6.07) is 2.80. The Morgan fingerprint density at radius 3 is 2.30 bits per heavy atom. The zero-order chi connectivity index (χ0) is 16.7. The molecular weight excluding hydrogens is 298 g/mol. The lowest BCUT2D eigenvalue weighted by molar-refractivity contribution is 0.187. The Bertz CT molecular complexity index is 559. The minimum absolute atomic E-state index is 0.0501. The van der Waals surface area contributed by atoms with Crippen molar-refractivity contribution >= 4 is 0 Å². The Balaban J connectivity index is 1.90. The zero-order valence-electron chi connectivity index (χ0n) is 13.7. The Morgan fingerprint density at radius 1 is 1.00 bits per heavy atom. The molecule has 0 atom stereocenters. The first-order valence-electron chi connectivity index (χ1n) is 8.17. The summed E-state index contributed by atoms with van der Waals surface area (Å²) in [5.41, 5.74) is 0. The third kappa shape index (κ3) is 4.81. The van der Waals surface area contributed by atoms with Crippen molar-refractivity contribution in [3.8, 4) is 11.5 Å². The van der Waals surface area contributed by atoms with E-state index in [2.05, 4.69) is 12.2 Å². The van der Waals surface area contributed by atoms with Crippen LogP contribution in [0.5, 0.6) is 11.5 Å². The lowest BCUT2D eigenvalue weighted by Crippen LogP contribution is -2.19. The number of rotatable bonds is 6. The van der Waals surface area contributed by atoms with Gasteiger partial charge in [-0.15, -0.1) is 0 Å². The van der Waals surface area contributed by atoms with Gasteiger partial charge in [0.2, 0.25) is 11.6 Å². The maximum absolute atomic E-state index is 14.0. The monoisotopic (exact) mass is 322 g/mol. The number of hydrogen-bond donors (Lipinski definition) is 0. The predicted octanol–water partition coefficient (Wildman–Crippen LogP) is 5.64. The number of benzene rings is 1. The lowest BCUT2D eigenvalue weighted by Gasteiger charge is -2.26. The van der Waals surface area contributed by atoms with Gasteiger partial charge in [0, 0.05) is 0 Å². The van der Waals surface area contributed by atoms with Crippen molar-refractivity contribution < 1.29 is 18.3 Å². The van der Waals surface area contributed by atoms with Crippen molar-refractivity contribution in [3.05, 3.63) is 48.3 Å². The fourth-order valence-corrected chi connectivity index (χ4v) is 2.89. The van der Waals surface area contributed by atoms with E-state index in [0.717, 1.165) is 25.7 Å². The Labute approximate surface area is 136 Å². The van der Waals surface area contributed by atoms with Crippen LogP contribution in [-0.2, 0) is 0 Å². The maximum atomic E-state index is 14.0. The molecule has 0 N–H and O–H groups in total. The number of ether oxygens (including phenoxy) is 2. The fourth-order valence-electron chi connectivity index (χ4n) is 2.89. The smallest absolute Gasteiger partial charge is 0.205 e. The standard InChI is InChI=1S/C19H24F2O2/c1-3-5-14-6-8-15(9-7-14)13-23-17-11-10-16(22-12-4-2)18(20)19(17)21/h3-5,10-12,14-15H,6-9,13H2,1-2H3. The molecule has 0 amide bonds. The lowest BCUT2D eigenvalue weighted by atomic mass is 9.82. The third-order valence-electron chi connectivity index (χ3n) is 4.17. The molecule has 4 heteroatoms. The van der Waals surface area contributed by atoms with Crippen LogP contribution in [0.2, 0.25) is 0 Å². The molecule has 0 aromatic heterocycles. The van der Waals surface area contributed by atoms with Crippen molar-refractivity contribution in [1.29, 1.82) is 0 Å². The highest BCUT2D eigenvalue weighted by molar-refractivity contribution is 5.35. The van der Waals surface area contributed by atoms with Gasteiger partial charge in [0.1, 0.15) is 0 Å². The van der Waals surface area contributed by atoms with E-state index in [1.165, 1.54) is 18.4 Å². The van der Waals surface area contributed by atoms with E-state index in [0.29, 0.717) is 18.4 Å². The molecule has 0 heterocycles. The van der Waals surface area contributed by atoms with Gasteiger partial charge in [0.05, 0.1) is 12.9 Å². The summed E-state index contributed by atoms with van der Waals surface area (Å²) in [5, 5.41) is 0. The van der Waals surface area contributed by atoms with Crippen LogP contribution in [-0.4, -0.2) is 6.61 Å². The minimum Gasteiger partial charge on any atom is -0.490 e. The predicted molar refractivity (Wildman–Crippen MR) is 87.6 cm³/mol. The van der Waals surface area contributed by atoms with E-state index in [1.807, 2.05) is 6.92 Å². The molecule has 1 fully saturated rings. The van der Waals surface area contributed by atoms with Crippen LogP contribution in [0.25, 0.3) is 0 Å². The summed E-state index contributed by atoms with van der Waals surface area (Å²) < 4.78 is 38.4. The number of hydrogen-bond acceptors (Lipinski definition) is 2. The van der Waals surface area contributed by atoms with Crippen molar-refractivity contribution in [2.75, 3.05) is 6.61 Å². The first-order valence-corrected chi connectivity index (χ1v) is 8.17. The molecule has 0 spiro atoms. The van der Waals surface area contributed by atoms with Crippen molar-refractivity contribution in [1.82, 2.24) is 0 Å². The third-order valence-corrected chi connectivity index (χ3v) is 4.17. The molecule has 1 saturated carbocycles. The molecule has 1 aromatic carbocycles. The van der Waals surface area contributed by atoms with Crippen molar-refractivity contribution in [3.63, 3.8) is 0 Å². The Hall–Kier alpha value is -1.84. The van der Waals surface area contributed by atoms with E-state index in [1.54, 1.807) is 13.0 Å². The van der Waals surface area contributed by atoms with Crippen LogP contribution in [0, 0.1) is 23.5 Å². The summed E-state index contributed by atoms with van der Waals surface area (Å²) in [5.74, 6) is -1.15. The Kier molecular flexibility index (Phi) is 6.63. The highest BCUT2D eigenvalue weighted by Crippen LogP contribution is 2.32. The summed E-state index contributed by atoms with van der Waals surface area (Å²) in [7, 11) is 0. The highest BCUT2D eigenvalue weighted by atomic mass is 19.2. The molecular formula is C19H24F2O2. The van der Waals surface area contributed by atoms with Gasteiger partial charge >= 0.3 is 0 Å². The molecule has 1 aliphatic rings. The summed E-state index contributed by atoms with van der Waals surface area (Å²) in [4.78, 5) is 0. The van der Waals surface area contributed by atoms with Crippen molar-refractivity contribution in [2.24, 2.45) is 11.8 Å². The number of halogens is 2. The molecule has 1 aromatic rings. The van der Waals surface area contributed by atoms with Gasteiger partial charge in [-0.25, -0.2) is 0 Å². The van der Waals surface area contributed by atoms with Crippen LogP contribution in [0.1, 0.15) is 39.5 Å². The van der Waals surface area contributed by atoms with E-state index in [4.69, 9.17) is 9.47 Å². The quantitative estimate of drug-likeness (QED) is 0.498. The van der Waals surface area contributed by atoms with E-state index >= 15 is 0 Å². The molecule has 2 nitrogen and oxygen atoms in total. The Morgan fingerprint density at radius 2 is 1.65 bits per heavy atom. The van der Waals surface area contributed by atoms with Crippen LogP contribution in [0.3, 0.4) is 0 Å². The van der Waals surface area contributed by atoms with E-state index < -0.39 is 11.6 Å². The molecule has 0 bridgehead atoms. The van der Waals surface area contributed by atoms with Gasteiger partial charge in [-0.1, -0.05) is 18.2 Å².